The van der Waals surface area contributed by atoms with E-state index in [9.17, 15) is 4.79 Å². The maximum absolute atomic E-state index is 12.2. The van der Waals surface area contributed by atoms with Gasteiger partial charge < -0.3 is 9.30 Å². The predicted molar refractivity (Wildman–Crippen MR) is 87.6 cm³/mol. The SMILES string of the molecule is CC(C)(C)OC(=O)N1CCn2c(nnc2-c2ccnc(Br)c2)C1. The first-order valence-corrected chi connectivity index (χ1v) is 8.15. The lowest BCUT2D eigenvalue weighted by atomic mass is 10.2. The van der Waals surface area contributed by atoms with Gasteiger partial charge in [-0.2, -0.15) is 0 Å². The fourth-order valence-corrected chi connectivity index (χ4v) is 2.76. The van der Waals surface area contributed by atoms with Crippen molar-refractivity contribution in [3.8, 4) is 11.4 Å². The maximum Gasteiger partial charge on any atom is 0.410 e. The van der Waals surface area contributed by atoms with Crippen LogP contribution in [0.15, 0.2) is 22.9 Å². The van der Waals surface area contributed by atoms with Crippen LogP contribution >= 0.6 is 15.9 Å². The van der Waals surface area contributed by atoms with E-state index in [1.807, 2.05) is 37.5 Å². The van der Waals surface area contributed by atoms with E-state index in [-0.39, 0.29) is 6.09 Å². The van der Waals surface area contributed by atoms with Crippen molar-refractivity contribution in [3.63, 3.8) is 0 Å². The van der Waals surface area contributed by atoms with E-state index in [0.29, 0.717) is 19.6 Å². The first-order chi connectivity index (χ1) is 10.8. The Morgan fingerprint density at radius 2 is 2.09 bits per heavy atom. The summed E-state index contributed by atoms with van der Waals surface area (Å²) in [7, 11) is 0. The number of aromatic nitrogens is 4. The quantitative estimate of drug-likeness (QED) is 0.712. The highest BCUT2D eigenvalue weighted by Crippen LogP contribution is 2.24. The topological polar surface area (TPSA) is 73.1 Å². The molecule has 0 saturated heterocycles. The standard InChI is InChI=1S/C15H18BrN5O2/c1-15(2,3)23-14(22)20-6-7-21-12(9-20)18-19-13(21)10-4-5-17-11(16)8-10/h4-5,8H,6-7,9H2,1-3H3. The molecular weight excluding hydrogens is 362 g/mol. The molecule has 0 aliphatic carbocycles. The van der Waals surface area contributed by atoms with E-state index >= 15 is 0 Å². The minimum absolute atomic E-state index is 0.319. The van der Waals surface area contributed by atoms with Crippen LogP contribution in [0, 0.1) is 0 Å². The molecule has 1 amide bonds. The Balaban J connectivity index is 1.80. The molecule has 8 heteroatoms. The molecule has 0 bridgehead atoms. The number of hydrogen-bond donors (Lipinski definition) is 0. The van der Waals surface area contributed by atoms with Gasteiger partial charge in [-0.05, 0) is 48.8 Å². The second-order valence-electron chi connectivity index (χ2n) is 6.36. The van der Waals surface area contributed by atoms with Crippen LogP contribution in [0.3, 0.4) is 0 Å². The van der Waals surface area contributed by atoms with Crippen LogP contribution in [0.5, 0.6) is 0 Å². The monoisotopic (exact) mass is 379 g/mol. The Kier molecular flexibility index (Phi) is 4.09. The molecule has 2 aromatic heterocycles. The van der Waals surface area contributed by atoms with Gasteiger partial charge in [0.25, 0.3) is 0 Å². The molecule has 3 rings (SSSR count). The van der Waals surface area contributed by atoms with Crippen molar-refractivity contribution >= 4 is 22.0 Å². The number of ether oxygens (including phenoxy) is 1. The summed E-state index contributed by atoms with van der Waals surface area (Å²) in [5.74, 6) is 1.54. The zero-order chi connectivity index (χ0) is 16.6. The second kappa shape index (κ2) is 5.92. The highest BCUT2D eigenvalue weighted by atomic mass is 79.9. The zero-order valence-corrected chi connectivity index (χ0v) is 14.9. The van der Waals surface area contributed by atoms with E-state index in [2.05, 4.69) is 31.1 Å². The third kappa shape index (κ3) is 3.52. The summed E-state index contributed by atoms with van der Waals surface area (Å²) in [5, 5.41) is 8.48. The lowest BCUT2D eigenvalue weighted by molar-refractivity contribution is 0.0196. The van der Waals surface area contributed by atoms with E-state index in [0.717, 1.165) is 21.8 Å². The summed E-state index contributed by atoms with van der Waals surface area (Å²) in [5.41, 5.74) is 0.438. The molecule has 0 atom stereocenters. The third-order valence-corrected chi connectivity index (χ3v) is 3.82. The van der Waals surface area contributed by atoms with E-state index in [1.54, 1.807) is 11.1 Å². The molecule has 122 valence electrons. The Hall–Kier alpha value is -1.96. The van der Waals surface area contributed by atoms with Crippen molar-refractivity contribution in [2.45, 2.75) is 39.5 Å². The maximum atomic E-state index is 12.2. The molecule has 1 aliphatic heterocycles. The number of carbonyl (C=O) groups is 1. The minimum Gasteiger partial charge on any atom is -0.444 e. The average molecular weight is 380 g/mol. The van der Waals surface area contributed by atoms with Crippen molar-refractivity contribution in [2.24, 2.45) is 0 Å². The third-order valence-electron chi connectivity index (χ3n) is 3.39. The number of rotatable bonds is 1. The molecule has 0 N–H and O–H groups in total. The van der Waals surface area contributed by atoms with Crippen molar-refractivity contribution in [3.05, 3.63) is 28.8 Å². The largest absolute Gasteiger partial charge is 0.444 e. The smallest absolute Gasteiger partial charge is 0.410 e. The van der Waals surface area contributed by atoms with Gasteiger partial charge in [-0.15, -0.1) is 10.2 Å². The molecule has 3 heterocycles. The lowest BCUT2D eigenvalue weighted by Gasteiger charge is -2.30. The van der Waals surface area contributed by atoms with Gasteiger partial charge in [-0.3, -0.25) is 4.90 Å². The molecule has 1 aliphatic rings. The Labute approximate surface area is 142 Å². The lowest BCUT2D eigenvalue weighted by Crippen LogP contribution is -2.41. The van der Waals surface area contributed by atoms with Gasteiger partial charge >= 0.3 is 6.09 Å². The molecule has 2 aromatic rings. The molecule has 0 saturated carbocycles. The second-order valence-corrected chi connectivity index (χ2v) is 7.17. The summed E-state index contributed by atoms with van der Waals surface area (Å²) in [6, 6.07) is 3.79. The number of fused-ring (bicyclic) bond motifs is 1. The summed E-state index contributed by atoms with van der Waals surface area (Å²) in [6.07, 6.45) is 1.40. The van der Waals surface area contributed by atoms with Crippen molar-refractivity contribution in [2.75, 3.05) is 6.54 Å². The van der Waals surface area contributed by atoms with Gasteiger partial charge in [0.1, 0.15) is 10.2 Å². The van der Waals surface area contributed by atoms with E-state index < -0.39 is 5.60 Å². The van der Waals surface area contributed by atoms with Gasteiger partial charge in [-0.25, -0.2) is 9.78 Å². The van der Waals surface area contributed by atoms with Crippen LogP contribution in [0.1, 0.15) is 26.6 Å². The molecular formula is C15H18BrN5O2. The minimum atomic E-state index is -0.503. The van der Waals surface area contributed by atoms with Crippen molar-refractivity contribution in [1.82, 2.24) is 24.6 Å². The van der Waals surface area contributed by atoms with Crippen LogP contribution < -0.4 is 0 Å². The van der Waals surface area contributed by atoms with Gasteiger partial charge in [0.15, 0.2) is 11.6 Å². The number of amides is 1. The zero-order valence-electron chi connectivity index (χ0n) is 13.3. The van der Waals surface area contributed by atoms with Crippen LogP contribution in [0.4, 0.5) is 4.79 Å². The first kappa shape index (κ1) is 15.9. The molecule has 0 fully saturated rings. The highest BCUT2D eigenvalue weighted by Gasteiger charge is 2.28. The van der Waals surface area contributed by atoms with Crippen molar-refractivity contribution < 1.29 is 9.53 Å². The average Bonchev–Trinajstić information content (AvgIpc) is 2.88. The number of pyridine rings is 1. The van der Waals surface area contributed by atoms with Gasteiger partial charge in [0.2, 0.25) is 0 Å². The highest BCUT2D eigenvalue weighted by molar-refractivity contribution is 9.10. The molecule has 0 aromatic carbocycles. The predicted octanol–water partition coefficient (Wildman–Crippen LogP) is 2.85. The summed E-state index contributed by atoms with van der Waals surface area (Å²) < 4.78 is 8.19. The van der Waals surface area contributed by atoms with Gasteiger partial charge in [0.05, 0.1) is 6.54 Å². The summed E-state index contributed by atoms with van der Waals surface area (Å²) in [6.45, 7) is 7.18. The van der Waals surface area contributed by atoms with Crippen LogP contribution in [-0.4, -0.2) is 42.9 Å². The Bertz CT molecular complexity index is 738. The van der Waals surface area contributed by atoms with Gasteiger partial charge in [-0.1, -0.05) is 0 Å². The summed E-state index contributed by atoms with van der Waals surface area (Å²) >= 11 is 3.36. The Morgan fingerprint density at radius 3 is 2.78 bits per heavy atom. The normalized spacial score (nSPS) is 14.5. The van der Waals surface area contributed by atoms with Crippen LogP contribution in [0.2, 0.25) is 0 Å². The molecule has 0 radical (unpaired) electrons. The van der Waals surface area contributed by atoms with Crippen LogP contribution in [0.25, 0.3) is 11.4 Å². The number of nitrogens with zero attached hydrogens (tertiary/aromatic N) is 5. The molecule has 7 nitrogen and oxygen atoms in total. The molecule has 0 spiro atoms. The van der Waals surface area contributed by atoms with E-state index in [1.165, 1.54) is 0 Å². The number of hydrogen-bond acceptors (Lipinski definition) is 5. The molecule has 23 heavy (non-hydrogen) atoms. The fourth-order valence-electron chi connectivity index (χ4n) is 2.40. The van der Waals surface area contributed by atoms with Gasteiger partial charge in [0, 0.05) is 24.8 Å². The Morgan fingerprint density at radius 1 is 1.30 bits per heavy atom. The number of carbonyl (C=O) groups excluding carboxylic acids is 1. The first-order valence-electron chi connectivity index (χ1n) is 7.35. The molecule has 0 unspecified atom stereocenters. The fraction of sp³-hybridized carbons (Fsp3) is 0.467. The summed E-state index contributed by atoms with van der Waals surface area (Å²) in [4.78, 5) is 18.0. The number of halogens is 1. The van der Waals surface area contributed by atoms with E-state index in [4.69, 9.17) is 4.74 Å². The van der Waals surface area contributed by atoms with Crippen molar-refractivity contribution in [1.29, 1.82) is 0 Å². The van der Waals surface area contributed by atoms with Crippen LogP contribution in [-0.2, 0) is 17.8 Å².